The maximum atomic E-state index is 5.97. The zero-order valence-electron chi connectivity index (χ0n) is 11.6. The molecule has 0 saturated heterocycles. The fourth-order valence-corrected chi connectivity index (χ4v) is 2.79. The molecule has 100 valence electrons. The molecular formula is C18H16ClN. The molecule has 0 N–H and O–H groups in total. The Labute approximate surface area is 124 Å². The summed E-state index contributed by atoms with van der Waals surface area (Å²) in [6.45, 7) is 4.29. The van der Waals surface area contributed by atoms with E-state index in [1.807, 2.05) is 18.2 Å². The Morgan fingerprint density at radius 2 is 1.50 bits per heavy atom. The van der Waals surface area contributed by atoms with Crippen molar-refractivity contribution in [2.24, 2.45) is 0 Å². The number of benzene rings is 2. The van der Waals surface area contributed by atoms with Gasteiger partial charge in [-0.2, -0.15) is 0 Å². The van der Waals surface area contributed by atoms with Crippen LogP contribution in [0.4, 0.5) is 0 Å². The van der Waals surface area contributed by atoms with Crippen LogP contribution in [0.2, 0.25) is 5.02 Å². The minimum atomic E-state index is 0.763. The van der Waals surface area contributed by atoms with Crippen molar-refractivity contribution >= 4 is 11.6 Å². The molecule has 1 aromatic heterocycles. The average molecular weight is 282 g/mol. The average Bonchev–Trinajstić information content (AvgIpc) is 2.76. The molecule has 0 bridgehead atoms. The van der Waals surface area contributed by atoms with E-state index in [1.54, 1.807) is 0 Å². The number of hydrogen-bond acceptors (Lipinski definition) is 0. The van der Waals surface area contributed by atoms with E-state index in [9.17, 15) is 0 Å². The summed E-state index contributed by atoms with van der Waals surface area (Å²) in [5.74, 6) is 0. The normalized spacial score (nSPS) is 10.8. The molecule has 0 unspecified atom stereocenters. The third-order valence-electron chi connectivity index (χ3n) is 3.60. The van der Waals surface area contributed by atoms with Crippen LogP contribution in [0.5, 0.6) is 0 Å². The minimum Gasteiger partial charge on any atom is -0.318 e. The molecular weight excluding hydrogens is 266 g/mol. The van der Waals surface area contributed by atoms with E-state index in [0.717, 1.165) is 10.7 Å². The van der Waals surface area contributed by atoms with Crippen LogP contribution in [0, 0.1) is 13.8 Å². The van der Waals surface area contributed by atoms with Gasteiger partial charge in [0.2, 0.25) is 0 Å². The van der Waals surface area contributed by atoms with Gasteiger partial charge in [0, 0.05) is 27.7 Å². The van der Waals surface area contributed by atoms with Crippen molar-refractivity contribution in [1.29, 1.82) is 0 Å². The number of aryl methyl sites for hydroxylation is 1. The summed E-state index contributed by atoms with van der Waals surface area (Å²) in [7, 11) is 0. The Kier molecular flexibility index (Phi) is 3.37. The molecule has 1 nitrogen and oxygen atoms in total. The van der Waals surface area contributed by atoms with Crippen molar-refractivity contribution in [2.45, 2.75) is 13.8 Å². The van der Waals surface area contributed by atoms with Gasteiger partial charge < -0.3 is 4.57 Å². The first kappa shape index (κ1) is 13.0. The number of hydrogen-bond donors (Lipinski definition) is 0. The summed E-state index contributed by atoms with van der Waals surface area (Å²) in [5.41, 5.74) is 6.14. The summed E-state index contributed by atoms with van der Waals surface area (Å²) in [5, 5.41) is 0.763. The van der Waals surface area contributed by atoms with Crippen molar-refractivity contribution in [2.75, 3.05) is 0 Å². The van der Waals surface area contributed by atoms with Gasteiger partial charge in [-0.25, -0.2) is 0 Å². The quantitative estimate of drug-likeness (QED) is 0.591. The summed E-state index contributed by atoms with van der Waals surface area (Å²) in [6.07, 6.45) is 0. The highest BCUT2D eigenvalue weighted by atomic mass is 35.5. The molecule has 0 amide bonds. The van der Waals surface area contributed by atoms with Crippen LogP contribution in [-0.4, -0.2) is 4.57 Å². The zero-order valence-corrected chi connectivity index (χ0v) is 12.4. The van der Waals surface area contributed by atoms with E-state index in [1.165, 1.54) is 22.5 Å². The first-order valence-corrected chi connectivity index (χ1v) is 7.05. The second-order valence-electron chi connectivity index (χ2n) is 4.96. The topological polar surface area (TPSA) is 4.93 Å². The minimum absolute atomic E-state index is 0.763. The molecule has 0 fully saturated rings. The molecule has 0 aliphatic rings. The van der Waals surface area contributed by atoms with Crippen molar-refractivity contribution in [3.63, 3.8) is 0 Å². The summed E-state index contributed by atoms with van der Waals surface area (Å²) in [6, 6.07) is 20.7. The molecule has 3 aromatic rings. The van der Waals surface area contributed by atoms with Crippen LogP contribution in [0.25, 0.3) is 16.8 Å². The molecule has 0 aliphatic carbocycles. The second-order valence-corrected chi connectivity index (χ2v) is 5.40. The van der Waals surface area contributed by atoms with Crippen LogP contribution in [0.1, 0.15) is 11.4 Å². The van der Waals surface area contributed by atoms with Crippen molar-refractivity contribution in [3.05, 3.63) is 77.1 Å². The van der Waals surface area contributed by atoms with E-state index in [0.29, 0.717) is 0 Å². The number of nitrogens with zero attached hydrogens (tertiary/aromatic N) is 1. The third kappa shape index (κ3) is 2.25. The third-order valence-corrected chi connectivity index (χ3v) is 3.85. The fourth-order valence-electron chi connectivity index (χ4n) is 2.66. The second kappa shape index (κ2) is 5.18. The predicted octanol–water partition coefficient (Wildman–Crippen LogP) is 5.41. The Morgan fingerprint density at radius 1 is 0.850 bits per heavy atom. The van der Waals surface area contributed by atoms with Gasteiger partial charge in [-0.05, 0) is 49.7 Å². The largest absolute Gasteiger partial charge is 0.318 e. The molecule has 0 spiro atoms. The fraction of sp³-hybridized carbons (Fsp3) is 0.111. The van der Waals surface area contributed by atoms with Gasteiger partial charge in [-0.1, -0.05) is 41.9 Å². The van der Waals surface area contributed by atoms with E-state index < -0.39 is 0 Å². The van der Waals surface area contributed by atoms with E-state index >= 15 is 0 Å². The molecule has 20 heavy (non-hydrogen) atoms. The number of aromatic nitrogens is 1. The highest BCUT2D eigenvalue weighted by Gasteiger charge is 2.11. The molecule has 0 atom stereocenters. The smallest absolute Gasteiger partial charge is 0.0456 e. The lowest BCUT2D eigenvalue weighted by atomic mass is 10.1. The molecule has 2 heteroatoms. The van der Waals surface area contributed by atoms with Gasteiger partial charge in [-0.15, -0.1) is 0 Å². The molecule has 0 aliphatic heterocycles. The number of rotatable bonds is 2. The summed E-state index contributed by atoms with van der Waals surface area (Å²) in [4.78, 5) is 0. The lowest BCUT2D eigenvalue weighted by Crippen LogP contribution is -1.98. The Bertz CT molecular complexity index is 724. The Hall–Kier alpha value is -1.99. The van der Waals surface area contributed by atoms with Crippen molar-refractivity contribution < 1.29 is 0 Å². The first-order chi connectivity index (χ1) is 9.66. The van der Waals surface area contributed by atoms with Crippen LogP contribution < -0.4 is 0 Å². The highest BCUT2D eigenvalue weighted by molar-refractivity contribution is 6.30. The van der Waals surface area contributed by atoms with Crippen LogP contribution >= 0.6 is 11.6 Å². The van der Waals surface area contributed by atoms with Gasteiger partial charge >= 0.3 is 0 Å². The van der Waals surface area contributed by atoms with E-state index in [2.05, 4.69) is 60.9 Å². The van der Waals surface area contributed by atoms with E-state index in [4.69, 9.17) is 11.6 Å². The van der Waals surface area contributed by atoms with E-state index in [-0.39, 0.29) is 0 Å². The highest BCUT2D eigenvalue weighted by Crippen LogP contribution is 2.29. The first-order valence-electron chi connectivity index (χ1n) is 6.67. The molecule has 1 heterocycles. The summed E-state index contributed by atoms with van der Waals surface area (Å²) >= 11 is 5.97. The lowest BCUT2D eigenvalue weighted by molar-refractivity contribution is 0.967. The lowest BCUT2D eigenvalue weighted by Gasteiger charge is -2.10. The standard InChI is InChI=1S/C18H16ClN/c1-13-12-18(15-6-4-3-5-7-15)14(2)20(13)17-10-8-16(19)9-11-17/h3-12H,1-2H3. The SMILES string of the molecule is Cc1cc(-c2ccccc2)c(C)n1-c1ccc(Cl)cc1. The molecule has 2 aromatic carbocycles. The maximum Gasteiger partial charge on any atom is 0.0456 e. The van der Waals surface area contributed by atoms with Crippen LogP contribution in [0.15, 0.2) is 60.7 Å². The van der Waals surface area contributed by atoms with Crippen molar-refractivity contribution in [3.8, 4) is 16.8 Å². The maximum absolute atomic E-state index is 5.97. The van der Waals surface area contributed by atoms with Crippen molar-refractivity contribution in [1.82, 2.24) is 4.57 Å². The Balaban J connectivity index is 2.14. The van der Waals surface area contributed by atoms with Gasteiger partial charge in [0.25, 0.3) is 0 Å². The van der Waals surface area contributed by atoms with Gasteiger partial charge in [0.1, 0.15) is 0 Å². The van der Waals surface area contributed by atoms with Gasteiger partial charge in [0.15, 0.2) is 0 Å². The molecule has 0 saturated carbocycles. The van der Waals surface area contributed by atoms with Crippen LogP contribution in [-0.2, 0) is 0 Å². The van der Waals surface area contributed by atoms with Gasteiger partial charge in [-0.3, -0.25) is 0 Å². The van der Waals surface area contributed by atoms with Gasteiger partial charge in [0.05, 0.1) is 0 Å². The molecule has 3 rings (SSSR count). The Morgan fingerprint density at radius 3 is 2.15 bits per heavy atom. The predicted molar refractivity (Wildman–Crippen MR) is 85.7 cm³/mol. The summed E-state index contributed by atoms with van der Waals surface area (Å²) < 4.78 is 2.26. The zero-order chi connectivity index (χ0) is 14.1. The van der Waals surface area contributed by atoms with Crippen LogP contribution in [0.3, 0.4) is 0 Å². The monoisotopic (exact) mass is 281 g/mol. The number of halogens is 1. The molecule has 0 radical (unpaired) electrons.